The molecule has 0 aliphatic heterocycles. The van der Waals surface area contributed by atoms with E-state index in [1.807, 2.05) is 14.8 Å². The molecule has 108 valence electrons. The molecule has 0 bridgehead atoms. The van der Waals surface area contributed by atoms with Crippen LogP contribution < -0.4 is 10.3 Å². The summed E-state index contributed by atoms with van der Waals surface area (Å²) in [7, 11) is -4.23. The van der Waals surface area contributed by atoms with E-state index in [0.717, 1.165) is 12.1 Å². The van der Waals surface area contributed by atoms with Crippen LogP contribution in [0.4, 0.5) is 19.0 Å². The summed E-state index contributed by atoms with van der Waals surface area (Å²) in [4.78, 5) is 12.0. The average Bonchev–Trinajstić information content (AvgIpc) is 2.82. The lowest BCUT2D eigenvalue weighted by Gasteiger charge is -2.04. The SMILES string of the molecule is O=c1ccc(NS(=O)(=O)c2c[nH]c(C(F)(F)F)c2)n[nH]1. The summed E-state index contributed by atoms with van der Waals surface area (Å²) in [6, 6.07) is 2.55. The van der Waals surface area contributed by atoms with Gasteiger partial charge in [0.15, 0.2) is 5.82 Å². The number of nitrogens with one attached hydrogen (secondary N) is 3. The maximum Gasteiger partial charge on any atom is 0.431 e. The van der Waals surface area contributed by atoms with Crippen LogP contribution in [0.3, 0.4) is 0 Å². The lowest BCUT2D eigenvalue weighted by Crippen LogP contribution is -2.16. The van der Waals surface area contributed by atoms with Gasteiger partial charge in [-0.25, -0.2) is 13.5 Å². The molecule has 0 amide bonds. The Morgan fingerprint density at radius 3 is 2.45 bits per heavy atom. The maximum absolute atomic E-state index is 12.4. The number of hydrogen-bond donors (Lipinski definition) is 3. The molecule has 0 spiro atoms. The monoisotopic (exact) mass is 308 g/mol. The standard InChI is InChI=1S/C9H7F3N4O3S/c10-9(11,12)6-3-5(4-13-6)20(18,19)16-7-1-2-8(17)15-14-7/h1-4,13H,(H,14,16)(H,15,17). The minimum absolute atomic E-state index is 0.223. The molecule has 0 radical (unpaired) electrons. The quantitative estimate of drug-likeness (QED) is 0.783. The first kappa shape index (κ1) is 14.1. The third-order valence-electron chi connectivity index (χ3n) is 2.19. The van der Waals surface area contributed by atoms with Crippen molar-refractivity contribution >= 4 is 15.8 Å². The molecule has 3 N–H and O–H groups in total. The van der Waals surface area contributed by atoms with Crippen LogP contribution in [0, 0.1) is 0 Å². The maximum atomic E-state index is 12.4. The first-order valence-corrected chi connectivity index (χ1v) is 6.51. The highest BCUT2D eigenvalue weighted by Gasteiger charge is 2.33. The number of alkyl halides is 3. The van der Waals surface area contributed by atoms with E-state index in [4.69, 9.17) is 0 Å². The van der Waals surface area contributed by atoms with Gasteiger partial charge in [0.25, 0.3) is 15.6 Å². The van der Waals surface area contributed by atoms with Crippen LogP contribution in [-0.4, -0.2) is 23.6 Å². The van der Waals surface area contributed by atoms with Crippen molar-refractivity contribution in [2.24, 2.45) is 0 Å². The zero-order chi connectivity index (χ0) is 15.0. The summed E-state index contributed by atoms with van der Waals surface area (Å²) in [6.07, 6.45) is -3.97. The van der Waals surface area contributed by atoms with E-state index >= 15 is 0 Å². The van der Waals surface area contributed by atoms with Gasteiger partial charge in [-0.05, 0) is 12.1 Å². The number of anilines is 1. The van der Waals surface area contributed by atoms with Crippen LogP contribution in [0.15, 0.2) is 34.1 Å². The fraction of sp³-hybridized carbons (Fsp3) is 0.111. The lowest BCUT2D eigenvalue weighted by atomic mass is 10.4. The number of H-pyrrole nitrogens is 2. The molecule has 0 aliphatic carbocycles. The molecule has 2 aromatic heterocycles. The van der Waals surface area contributed by atoms with E-state index in [1.165, 1.54) is 0 Å². The zero-order valence-electron chi connectivity index (χ0n) is 9.52. The molecule has 2 heterocycles. The highest BCUT2D eigenvalue weighted by Crippen LogP contribution is 2.29. The molecule has 0 saturated carbocycles. The van der Waals surface area contributed by atoms with Crippen LogP contribution in [0.2, 0.25) is 0 Å². The fourth-order valence-electron chi connectivity index (χ4n) is 1.29. The van der Waals surface area contributed by atoms with Crippen molar-refractivity contribution in [3.05, 3.63) is 40.4 Å². The van der Waals surface area contributed by atoms with E-state index in [2.05, 4.69) is 5.10 Å². The molecule has 7 nitrogen and oxygen atoms in total. The Bertz CT molecular complexity index is 758. The van der Waals surface area contributed by atoms with Gasteiger partial charge in [-0.15, -0.1) is 0 Å². The number of rotatable bonds is 3. The van der Waals surface area contributed by atoms with Crippen molar-refractivity contribution in [3.63, 3.8) is 0 Å². The second-order valence-electron chi connectivity index (χ2n) is 3.66. The first-order valence-electron chi connectivity index (χ1n) is 5.03. The fourth-order valence-corrected chi connectivity index (χ4v) is 2.29. The number of hydrogen-bond acceptors (Lipinski definition) is 4. The van der Waals surface area contributed by atoms with Gasteiger partial charge in [0.1, 0.15) is 10.6 Å². The normalized spacial score (nSPS) is 12.3. The number of nitrogens with zero attached hydrogens (tertiary/aromatic N) is 1. The highest BCUT2D eigenvalue weighted by molar-refractivity contribution is 7.92. The van der Waals surface area contributed by atoms with Crippen LogP contribution in [-0.2, 0) is 16.2 Å². The molecular formula is C9H7F3N4O3S. The number of sulfonamides is 1. The van der Waals surface area contributed by atoms with E-state index in [9.17, 15) is 26.4 Å². The van der Waals surface area contributed by atoms with Gasteiger partial charge in [0.05, 0.1) is 0 Å². The summed E-state index contributed by atoms with van der Waals surface area (Å²) in [5.74, 6) is -0.223. The van der Waals surface area contributed by atoms with E-state index in [0.29, 0.717) is 12.3 Å². The van der Waals surface area contributed by atoms with E-state index < -0.39 is 32.3 Å². The molecule has 0 unspecified atom stereocenters. The molecule has 0 aliphatic rings. The second-order valence-corrected chi connectivity index (χ2v) is 5.34. The van der Waals surface area contributed by atoms with Gasteiger partial charge in [-0.2, -0.15) is 18.3 Å². The van der Waals surface area contributed by atoms with Gasteiger partial charge in [-0.1, -0.05) is 0 Å². The summed E-state index contributed by atoms with van der Waals surface area (Å²) < 4.78 is 62.6. The number of halogens is 3. The van der Waals surface area contributed by atoms with Crippen molar-refractivity contribution in [2.45, 2.75) is 11.1 Å². The van der Waals surface area contributed by atoms with Gasteiger partial charge >= 0.3 is 6.18 Å². The Morgan fingerprint density at radius 2 is 1.95 bits per heavy atom. The lowest BCUT2D eigenvalue weighted by molar-refractivity contribution is -0.140. The predicted molar refractivity (Wildman–Crippen MR) is 61.5 cm³/mol. The Balaban J connectivity index is 2.29. The predicted octanol–water partition coefficient (Wildman–Crippen LogP) is 0.918. The highest BCUT2D eigenvalue weighted by atomic mass is 32.2. The molecule has 0 aromatic carbocycles. The van der Waals surface area contributed by atoms with Crippen molar-refractivity contribution in [3.8, 4) is 0 Å². The summed E-state index contributed by atoms with van der Waals surface area (Å²) >= 11 is 0. The summed E-state index contributed by atoms with van der Waals surface area (Å²) in [5, 5.41) is 5.37. The third-order valence-corrected chi connectivity index (χ3v) is 3.52. The van der Waals surface area contributed by atoms with Crippen LogP contribution in [0.1, 0.15) is 5.69 Å². The molecule has 11 heteroatoms. The van der Waals surface area contributed by atoms with Crippen molar-refractivity contribution in [2.75, 3.05) is 4.72 Å². The topological polar surface area (TPSA) is 108 Å². The molecule has 0 atom stereocenters. The van der Waals surface area contributed by atoms with Gasteiger partial charge in [-0.3, -0.25) is 9.52 Å². The third kappa shape index (κ3) is 2.99. The van der Waals surface area contributed by atoms with Crippen LogP contribution >= 0.6 is 0 Å². The minimum Gasteiger partial charge on any atom is -0.356 e. The summed E-state index contributed by atoms with van der Waals surface area (Å²) in [6.45, 7) is 0. The number of aromatic nitrogens is 3. The van der Waals surface area contributed by atoms with Crippen LogP contribution in [0.25, 0.3) is 0 Å². The minimum atomic E-state index is -4.68. The molecule has 20 heavy (non-hydrogen) atoms. The van der Waals surface area contributed by atoms with Gasteiger partial charge < -0.3 is 4.98 Å². The Hall–Kier alpha value is -2.30. The van der Waals surface area contributed by atoms with E-state index in [1.54, 1.807) is 0 Å². The number of aromatic amines is 2. The molecular weight excluding hydrogens is 301 g/mol. The molecule has 0 fully saturated rings. The van der Waals surface area contributed by atoms with E-state index in [-0.39, 0.29) is 5.82 Å². The molecule has 2 aromatic rings. The van der Waals surface area contributed by atoms with Gasteiger partial charge in [0.2, 0.25) is 0 Å². The molecule has 0 saturated heterocycles. The van der Waals surface area contributed by atoms with Crippen molar-refractivity contribution in [1.82, 2.24) is 15.2 Å². The largest absolute Gasteiger partial charge is 0.431 e. The Kier molecular flexibility index (Phi) is 3.29. The smallest absolute Gasteiger partial charge is 0.356 e. The van der Waals surface area contributed by atoms with Crippen LogP contribution in [0.5, 0.6) is 0 Å². The van der Waals surface area contributed by atoms with Crippen molar-refractivity contribution < 1.29 is 21.6 Å². The second kappa shape index (κ2) is 4.67. The van der Waals surface area contributed by atoms with Crippen molar-refractivity contribution in [1.29, 1.82) is 0 Å². The Morgan fingerprint density at radius 1 is 1.25 bits per heavy atom. The van der Waals surface area contributed by atoms with Gasteiger partial charge in [0, 0.05) is 12.3 Å². The molecule has 2 rings (SSSR count). The zero-order valence-corrected chi connectivity index (χ0v) is 10.3. The first-order chi connectivity index (χ1) is 9.18. The Labute approximate surface area is 109 Å². The summed E-state index contributed by atoms with van der Waals surface area (Å²) in [5.41, 5.74) is -1.73. The average molecular weight is 308 g/mol.